The minimum Gasteiger partial charge on any atom is -0.352 e. The van der Waals surface area contributed by atoms with Crippen molar-refractivity contribution in [3.05, 3.63) is 35.4 Å². The molecule has 1 saturated heterocycles. The van der Waals surface area contributed by atoms with Gasteiger partial charge in [0.15, 0.2) is 0 Å². The van der Waals surface area contributed by atoms with Gasteiger partial charge in [0.2, 0.25) is 0 Å². The van der Waals surface area contributed by atoms with Gasteiger partial charge in [-0.3, -0.25) is 0 Å². The minimum absolute atomic E-state index is 0.0494. The predicted molar refractivity (Wildman–Crippen MR) is 49.0 cm³/mol. The molecular formula is C11H10O2. The third-order valence-electron chi connectivity index (χ3n) is 2.05. The Morgan fingerprint density at radius 2 is 2.38 bits per heavy atom. The number of terminal acetylenes is 1. The highest BCUT2D eigenvalue weighted by Gasteiger charge is 2.17. The Labute approximate surface area is 77.5 Å². The summed E-state index contributed by atoms with van der Waals surface area (Å²) in [5.41, 5.74) is 1.97. The van der Waals surface area contributed by atoms with Gasteiger partial charge in [-0.05, 0) is 17.7 Å². The summed E-state index contributed by atoms with van der Waals surface area (Å²) in [5, 5.41) is 0. The van der Waals surface area contributed by atoms with Crippen LogP contribution in [0, 0.1) is 12.3 Å². The third-order valence-corrected chi connectivity index (χ3v) is 2.05. The zero-order valence-corrected chi connectivity index (χ0v) is 7.19. The molecule has 1 aromatic rings. The van der Waals surface area contributed by atoms with E-state index >= 15 is 0 Å². The molecule has 0 N–H and O–H groups in total. The fraction of sp³-hybridized carbons (Fsp3) is 0.273. The molecule has 0 radical (unpaired) electrons. The quantitative estimate of drug-likeness (QED) is 0.603. The number of hydrogen-bond donors (Lipinski definition) is 0. The average molecular weight is 174 g/mol. The maximum Gasteiger partial charge on any atom is 0.147 e. The monoisotopic (exact) mass is 174 g/mol. The third kappa shape index (κ3) is 1.72. The maximum atomic E-state index is 5.35. The molecule has 1 atom stereocenters. The number of ether oxygens (including phenoxy) is 2. The van der Waals surface area contributed by atoms with Crippen molar-refractivity contribution >= 4 is 0 Å². The summed E-state index contributed by atoms with van der Waals surface area (Å²) < 4.78 is 10.5. The van der Waals surface area contributed by atoms with E-state index in [0.717, 1.165) is 11.1 Å². The fourth-order valence-corrected chi connectivity index (χ4v) is 1.35. The van der Waals surface area contributed by atoms with Crippen LogP contribution >= 0.6 is 0 Å². The van der Waals surface area contributed by atoms with Crippen LogP contribution in [-0.4, -0.2) is 13.4 Å². The molecule has 13 heavy (non-hydrogen) atoms. The van der Waals surface area contributed by atoms with Gasteiger partial charge >= 0.3 is 0 Å². The van der Waals surface area contributed by atoms with E-state index in [1.54, 1.807) is 0 Å². The summed E-state index contributed by atoms with van der Waals surface area (Å²) in [5.74, 6) is 2.59. The molecule has 2 nitrogen and oxygen atoms in total. The second kappa shape index (κ2) is 3.61. The molecule has 1 fully saturated rings. The van der Waals surface area contributed by atoms with Crippen molar-refractivity contribution in [3.8, 4) is 12.3 Å². The highest BCUT2D eigenvalue weighted by molar-refractivity contribution is 5.36. The first-order valence-corrected chi connectivity index (χ1v) is 4.16. The zero-order chi connectivity index (χ0) is 9.10. The van der Waals surface area contributed by atoms with Crippen molar-refractivity contribution in [1.29, 1.82) is 0 Å². The van der Waals surface area contributed by atoms with Crippen LogP contribution < -0.4 is 0 Å². The summed E-state index contributed by atoms with van der Waals surface area (Å²) >= 11 is 0. The topological polar surface area (TPSA) is 18.5 Å². The Kier molecular flexibility index (Phi) is 2.31. The molecule has 2 heteroatoms. The van der Waals surface area contributed by atoms with Gasteiger partial charge in [-0.2, -0.15) is 0 Å². The highest BCUT2D eigenvalue weighted by Crippen LogP contribution is 2.22. The molecular weight excluding hydrogens is 164 g/mol. The average Bonchev–Trinajstić information content (AvgIpc) is 2.71. The molecule has 1 aromatic carbocycles. The highest BCUT2D eigenvalue weighted by atomic mass is 16.7. The van der Waals surface area contributed by atoms with E-state index in [1.165, 1.54) is 0 Å². The Morgan fingerprint density at radius 3 is 3.08 bits per heavy atom. The van der Waals surface area contributed by atoms with E-state index < -0.39 is 0 Å². The predicted octanol–water partition coefficient (Wildman–Crippen LogP) is 1.71. The van der Waals surface area contributed by atoms with Crippen LogP contribution in [0.2, 0.25) is 0 Å². The van der Waals surface area contributed by atoms with Gasteiger partial charge in [0, 0.05) is 5.56 Å². The molecule has 0 aromatic heterocycles. The van der Waals surface area contributed by atoms with Crippen LogP contribution in [-0.2, 0) is 9.47 Å². The molecule has 0 bridgehead atoms. The summed E-state index contributed by atoms with van der Waals surface area (Å²) in [7, 11) is 0. The molecule has 66 valence electrons. The lowest BCUT2D eigenvalue weighted by Gasteiger charge is -2.07. The van der Waals surface area contributed by atoms with Crippen LogP contribution in [0.25, 0.3) is 0 Å². The van der Waals surface area contributed by atoms with Gasteiger partial charge in [0.1, 0.15) is 12.9 Å². The van der Waals surface area contributed by atoms with Crippen molar-refractivity contribution in [1.82, 2.24) is 0 Å². The number of hydrogen-bond acceptors (Lipinski definition) is 2. The molecule has 1 aliphatic rings. The maximum absolute atomic E-state index is 5.35. The van der Waals surface area contributed by atoms with Gasteiger partial charge in [-0.1, -0.05) is 18.1 Å². The summed E-state index contributed by atoms with van der Waals surface area (Å²) in [4.78, 5) is 0. The molecule has 1 heterocycles. The molecule has 1 aliphatic heterocycles. The lowest BCUT2D eigenvalue weighted by atomic mass is 10.1. The standard InChI is InChI=1S/C11H10O2/c1-2-9-4-3-5-10(6-9)11-7-12-8-13-11/h1,3-6,11H,7-8H2. The second-order valence-electron chi connectivity index (χ2n) is 2.91. The Balaban J connectivity index is 2.25. The first-order valence-electron chi connectivity index (χ1n) is 4.16. The van der Waals surface area contributed by atoms with Crippen LogP contribution in [0.3, 0.4) is 0 Å². The summed E-state index contributed by atoms with van der Waals surface area (Å²) in [6, 6.07) is 7.80. The van der Waals surface area contributed by atoms with Crippen LogP contribution in [0.4, 0.5) is 0 Å². The van der Waals surface area contributed by atoms with Crippen molar-refractivity contribution in [2.75, 3.05) is 13.4 Å². The zero-order valence-electron chi connectivity index (χ0n) is 7.19. The molecule has 0 amide bonds. The van der Waals surface area contributed by atoms with Gasteiger partial charge in [0.25, 0.3) is 0 Å². The van der Waals surface area contributed by atoms with Crippen LogP contribution in [0.5, 0.6) is 0 Å². The molecule has 0 saturated carbocycles. The molecule has 0 aliphatic carbocycles. The van der Waals surface area contributed by atoms with Crippen molar-refractivity contribution < 1.29 is 9.47 Å². The first kappa shape index (κ1) is 8.31. The smallest absolute Gasteiger partial charge is 0.147 e. The molecule has 2 rings (SSSR count). The Hall–Kier alpha value is -1.30. The SMILES string of the molecule is C#Cc1cccc(C2COCO2)c1. The Morgan fingerprint density at radius 1 is 1.46 bits per heavy atom. The van der Waals surface area contributed by atoms with Gasteiger partial charge in [0.05, 0.1) is 6.61 Å². The largest absolute Gasteiger partial charge is 0.352 e. The van der Waals surface area contributed by atoms with E-state index in [9.17, 15) is 0 Å². The normalized spacial score (nSPS) is 21.3. The lowest BCUT2D eigenvalue weighted by molar-refractivity contribution is 0.0466. The van der Waals surface area contributed by atoms with Gasteiger partial charge < -0.3 is 9.47 Å². The number of benzene rings is 1. The molecule has 1 unspecified atom stereocenters. The van der Waals surface area contributed by atoms with E-state index in [0.29, 0.717) is 13.4 Å². The Bertz CT molecular complexity index is 332. The van der Waals surface area contributed by atoms with Crippen molar-refractivity contribution in [2.24, 2.45) is 0 Å². The summed E-state index contributed by atoms with van der Waals surface area (Å²) in [6.45, 7) is 0.999. The lowest BCUT2D eigenvalue weighted by Crippen LogP contribution is -1.99. The van der Waals surface area contributed by atoms with E-state index in [1.807, 2.05) is 24.3 Å². The molecule has 0 spiro atoms. The van der Waals surface area contributed by atoms with E-state index in [2.05, 4.69) is 5.92 Å². The minimum atomic E-state index is 0.0494. The first-order chi connectivity index (χ1) is 6.40. The number of rotatable bonds is 1. The van der Waals surface area contributed by atoms with E-state index in [-0.39, 0.29) is 6.10 Å². The second-order valence-corrected chi connectivity index (χ2v) is 2.91. The van der Waals surface area contributed by atoms with Crippen LogP contribution in [0.15, 0.2) is 24.3 Å². The fourth-order valence-electron chi connectivity index (χ4n) is 1.35. The van der Waals surface area contributed by atoms with Gasteiger partial charge in [-0.15, -0.1) is 6.42 Å². The van der Waals surface area contributed by atoms with E-state index in [4.69, 9.17) is 15.9 Å². The summed E-state index contributed by atoms with van der Waals surface area (Å²) in [6.07, 6.45) is 5.34. The van der Waals surface area contributed by atoms with Crippen molar-refractivity contribution in [3.63, 3.8) is 0 Å². The van der Waals surface area contributed by atoms with Crippen LogP contribution in [0.1, 0.15) is 17.2 Å². The van der Waals surface area contributed by atoms with Gasteiger partial charge in [-0.25, -0.2) is 0 Å². The van der Waals surface area contributed by atoms with Crippen molar-refractivity contribution in [2.45, 2.75) is 6.10 Å².